The predicted molar refractivity (Wildman–Crippen MR) is 93.3 cm³/mol. The van der Waals surface area contributed by atoms with Gasteiger partial charge in [-0.15, -0.1) is 0 Å². The molecule has 0 saturated heterocycles. The van der Waals surface area contributed by atoms with Gasteiger partial charge in [-0.1, -0.05) is 19.1 Å². The fraction of sp³-hybridized carbons (Fsp3) is 0.278. The summed E-state index contributed by atoms with van der Waals surface area (Å²) in [6, 6.07) is 10.4. The van der Waals surface area contributed by atoms with Crippen LogP contribution in [0, 0.1) is 0 Å². The molecule has 0 spiro atoms. The van der Waals surface area contributed by atoms with Crippen molar-refractivity contribution in [2.45, 2.75) is 26.3 Å². The molecule has 1 aromatic heterocycles. The lowest BCUT2D eigenvalue weighted by atomic mass is 10.1. The minimum Gasteiger partial charge on any atom is -0.465 e. The van der Waals surface area contributed by atoms with Crippen LogP contribution in [-0.4, -0.2) is 30.0 Å². The molecular formula is C18H21N3O3. The number of aromatic nitrogens is 1. The van der Waals surface area contributed by atoms with Gasteiger partial charge < -0.3 is 15.4 Å². The van der Waals surface area contributed by atoms with Gasteiger partial charge in [-0.2, -0.15) is 0 Å². The lowest BCUT2D eigenvalue weighted by Crippen LogP contribution is -2.17. The van der Waals surface area contributed by atoms with E-state index in [0.717, 1.165) is 12.2 Å². The first-order chi connectivity index (χ1) is 11.5. The van der Waals surface area contributed by atoms with Gasteiger partial charge in [-0.05, 0) is 37.6 Å². The van der Waals surface area contributed by atoms with E-state index in [1.54, 1.807) is 36.4 Å². The van der Waals surface area contributed by atoms with E-state index in [1.165, 1.54) is 13.3 Å². The van der Waals surface area contributed by atoms with E-state index in [0.29, 0.717) is 22.9 Å². The number of amides is 1. The summed E-state index contributed by atoms with van der Waals surface area (Å²) in [5.74, 6) is -0.123. The topological polar surface area (TPSA) is 80.3 Å². The van der Waals surface area contributed by atoms with Gasteiger partial charge in [0.15, 0.2) is 0 Å². The van der Waals surface area contributed by atoms with Crippen LogP contribution in [0.5, 0.6) is 0 Å². The monoisotopic (exact) mass is 327 g/mol. The molecule has 2 N–H and O–H groups in total. The van der Waals surface area contributed by atoms with Crippen LogP contribution in [0.25, 0.3) is 0 Å². The van der Waals surface area contributed by atoms with E-state index in [2.05, 4.69) is 29.5 Å². The molecule has 0 aliphatic rings. The summed E-state index contributed by atoms with van der Waals surface area (Å²) in [5, 5.41) is 5.95. The molecule has 2 rings (SSSR count). The van der Waals surface area contributed by atoms with Crippen LogP contribution in [0.15, 0.2) is 42.6 Å². The predicted octanol–water partition coefficient (Wildman–Crippen LogP) is 3.33. The Bertz CT molecular complexity index is 714. The highest BCUT2D eigenvalue weighted by Crippen LogP contribution is 2.17. The molecule has 1 atom stereocenters. The van der Waals surface area contributed by atoms with E-state index >= 15 is 0 Å². The van der Waals surface area contributed by atoms with Crippen molar-refractivity contribution in [3.05, 3.63) is 53.7 Å². The Kier molecular flexibility index (Phi) is 5.89. The number of para-hydroxylation sites is 1. The van der Waals surface area contributed by atoms with Crippen LogP contribution in [0.4, 0.5) is 11.5 Å². The summed E-state index contributed by atoms with van der Waals surface area (Å²) >= 11 is 0. The fourth-order valence-electron chi connectivity index (χ4n) is 2.04. The number of carbonyl (C=O) groups excluding carboxylic acids is 2. The maximum absolute atomic E-state index is 12.3. The van der Waals surface area contributed by atoms with Crippen molar-refractivity contribution in [2.24, 2.45) is 0 Å². The number of pyridine rings is 1. The summed E-state index contributed by atoms with van der Waals surface area (Å²) in [6.45, 7) is 4.14. The van der Waals surface area contributed by atoms with Crippen molar-refractivity contribution in [1.29, 1.82) is 0 Å². The molecule has 1 amide bonds. The maximum atomic E-state index is 12.3. The van der Waals surface area contributed by atoms with E-state index < -0.39 is 5.97 Å². The Balaban J connectivity index is 2.12. The largest absolute Gasteiger partial charge is 0.465 e. The smallest absolute Gasteiger partial charge is 0.339 e. The van der Waals surface area contributed by atoms with Gasteiger partial charge in [0.05, 0.1) is 23.9 Å². The number of benzene rings is 1. The molecule has 0 saturated carbocycles. The number of nitrogens with one attached hydrogen (secondary N) is 2. The third-order valence-corrected chi connectivity index (χ3v) is 3.61. The van der Waals surface area contributed by atoms with Crippen molar-refractivity contribution < 1.29 is 14.3 Å². The molecule has 1 heterocycles. The van der Waals surface area contributed by atoms with Crippen molar-refractivity contribution in [1.82, 2.24) is 4.98 Å². The van der Waals surface area contributed by atoms with Gasteiger partial charge in [0.2, 0.25) is 0 Å². The highest BCUT2D eigenvalue weighted by molar-refractivity contribution is 6.07. The molecule has 2 aromatic rings. The quantitative estimate of drug-likeness (QED) is 0.796. The molecule has 0 radical (unpaired) electrons. The van der Waals surface area contributed by atoms with Crippen molar-refractivity contribution in [3.63, 3.8) is 0 Å². The first-order valence-electron chi connectivity index (χ1n) is 7.76. The highest BCUT2D eigenvalue weighted by Gasteiger charge is 2.14. The zero-order valence-corrected chi connectivity index (χ0v) is 14.0. The van der Waals surface area contributed by atoms with E-state index in [-0.39, 0.29) is 5.91 Å². The number of nitrogens with zero attached hydrogens (tertiary/aromatic N) is 1. The number of hydrogen-bond acceptors (Lipinski definition) is 5. The van der Waals surface area contributed by atoms with Gasteiger partial charge in [0.1, 0.15) is 5.82 Å². The van der Waals surface area contributed by atoms with Crippen LogP contribution < -0.4 is 10.6 Å². The van der Waals surface area contributed by atoms with Crippen molar-refractivity contribution in [3.8, 4) is 0 Å². The molecular weight excluding hydrogens is 306 g/mol. The molecule has 1 aromatic carbocycles. The number of esters is 1. The van der Waals surface area contributed by atoms with Gasteiger partial charge in [-0.25, -0.2) is 9.78 Å². The Hall–Kier alpha value is -2.89. The average Bonchev–Trinajstić information content (AvgIpc) is 2.62. The first kappa shape index (κ1) is 17.5. The molecule has 126 valence electrons. The van der Waals surface area contributed by atoms with E-state index in [1.807, 2.05) is 0 Å². The SMILES string of the molecule is CCC(C)Nc1ccc(C(=O)Nc2ccccc2C(=O)OC)cn1. The van der Waals surface area contributed by atoms with E-state index in [9.17, 15) is 9.59 Å². The Morgan fingerprint density at radius 2 is 1.96 bits per heavy atom. The zero-order chi connectivity index (χ0) is 17.5. The second-order valence-corrected chi connectivity index (χ2v) is 5.38. The van der Waals surface area contributed by atoms with Crippen LogP contribution >= 0.6 is 0 Å². The van der Waals surface area contributed by atoms with Crippen molar-refractivity contribution in [2.75, 3.05) is 17.7 Å². The standard InChI is InChI=1S/C18H21N3O3/c1-4-12(2)20-16-10-9-13(11-19-16)17(22)21-15-8-6-5-7-14(15)18(23)24-3/h5-12H,4H2,1-3H3,(H,19,20)(H,21,22). The minimum atomic E-state index is -0.503. The third kappa shape index (κ3) is 4.32. The zero-order valence-electron chi connectivity index (χ0n) is 14.0. The Morgan fingerprint density at radius 1 is 1.21 bits per heavy atom. The second kappa shape index (κ2) is 8.10. The highest BCUT2D eigenvalue weighted by atomic mass is 16.5. The third-order valence-electron chi connectivity index (χ3n) is 3.61. The van der Waals surface area contributed by atoms with Gasteiger partial charge in [0, 0.05) is 12.2 Å². The number of anilines is 2. The first-order valence-corrected chi connectivity index (χ1v) is 7.76. The van der Waals surface area contributed by atoms with Crippen LogP contribution in [0.3, 0.4) is 0 Å². The molecule has 0 fully saturated rings. The molecule has 24 heavy (non-hydrogen) atoms. The molecule has 0 aliphatic heterocycles. The van der Waals surface area contributed by atoms with Gasteiger partial charge in [-0.3, -0.25) is 4.79 Å². The number of carbonyl (C=O) groups is 2. The molecule has 1 unspecified atom stereocenters. The average molecular weight is 327 g/mol. The minimum absolute atomic E-state index is 0.302. The Morgan fingerprint density at radius 3 is 2.58 bits per heavy atom. The maximum Gasteiger partial charge on any atom is 0.339 e. The number of rotatable bonds is 6. The van der Waals surface area contributed by atoms with Gasteiger partial charge >= 0.3 is 5.97 Å². The summed E-state index contributed by atoms with van der Waals surface area (Å²) in [6.07, 6.45) is 2.48. The number of methoxy groups -OCH3 is 1. The van der Waals surface area contributed by atoms with E-state index in [4.69, 9.17) is 4.74 Å². The molecule has 6 heteroatoms. The van der Waals surface area contributed by atoms with Crippen LogP contribution in [-0.2, 0) is 4.74 Å². The lowest BCUT2D eigenvalue weighted by Gasteiger charge is -2.12. The molecule has 6 nitrogen and oxygen atoms in total. The van der Waals surface area contributed by atoms with Crippen LogP contribution in [0.2, 0.25) is 0 Å². The number of hydrogen-bond donors (Lipinski definition) is 2. The fourth-order valence-corrected chi connectivity index (χ4v) is 2.04. The van der Waals surface area contributed by atoms with Crippen LogP contribution in [0.1, 0.15) is 41.0 Å². The number of ether oxygens (including phenoxy) is 1. The van der Waals surface area contributed by atoms with Crippen molar-refractivity contribution >= 4 is 23.4 Å². The summed E-state index contributed by atoms with van der Waals surface area (Å²) in [5.41, 5.74) is 1.11. The lowest BCUT2D eigenvalue weighted by molar-refractivity contribution is 0.0602. The summed E-state index contributed by atoms with van der Waals surface area (Å²) in [7, 11) is 1.30. The molecule has 0 bridgehead atoms. The second-order valence-electron chi connectivity index (χ2n) is 5.38. The van der Waals surface area contributed by atoms with Gasteiger partial charge in [0.25, 0.3) is 5.91 Å². The summed E-state index contributed by atoms with van der Waals surface area (Å²) in [4.78, 5) is 28.3. The normalized spacial score (nSPS) is 11.5. The summed E-state index contributed by atoms with van der Waals surface area (Å²) < 4.78 is 4.72. The molecule has 0 aliphatic carbocycles. The Labute approximate surface area is 141 Å².